The topological polar surface area (TPSA) is 66.8 Å². The Morgan fingerprint density at radius 1 is 1.21 bits per heavy atom. The molecule has 8 heteroatoms. The number of rotatable bonds is 6. The number of hydrogen-bond donors (Lipinski definition) is 1. The zero-order valence-electron chi connectivity index (χ0n) is 18.3. The smallest absolute Gasteiger partial charge is 0.223 e. The molecule has 6 nitrogen and oxygen atoms in total. The van der Waals surface area contributed by atoms with Crippen LogP contribution in [0.5, 0.6) is 0 Å². The average Bonchev–Trinajstić information content (AvgIpc) is 3.55. The molecule has 0 unspecified atom stereocenters. The number of benzene rings is 1. The molecule has 1 N–H and O–H groups in total. The first-order valence-electron chi connectivity index (χ1n) is 11.2. The van der Waals surface area contributed by atoms with Crippen LogP contribution in [-0.2, 0) is 17.8 Å². The fourth-order valence-corrected chi connectivity index (χ4v) is 4.81. The summed E-state index contributed by atoms with van der Waals surface area (Å²) >= 11 is 0. The number of halogens is 2. The molecule has 1 saturated heterocycles. The molecule has 0 aliphatic carbocycles. The third-order valence-corrected chi connectivity index (χ3v) is 6.49. The highest BCUT2D eigenvalue weighted by Crippen LogP contribution is 2.28. The number of aromatic nitrogens is 4. The Hall–Kier alpha value is -3.55. The second-order valence-corrected chi connectivity index (χ2v) is 8.77. The fourth-order valence-electron chi connectivity index (χ4n) is 4.81. The van der Waals surface area contributed by atoms with Crippen LogP contribution in [-0.4, -0.2) is 43.1 Å². The zero-order valence-corrected chi connectivity index (χ0v) is 18.3. The Labute approximate surface area is 190 Å². The molecular formula is C25H25F2N5O. The van der Waals surface area contributed by atoms with Gasteiger partial charge < -0.3 is 9.47 Å². The van der Waals surface area contributed by atoms with E-state index in [4.69, 9.17) is 4.98 Å². The zero-order chi connectivity index (χ0) is 22.9. The van der Waals surface area contributed by atoms with Crippen LogP contribution >= 0.6 is 0 Å². The Balaban J connectivity index is 1.23. The Kier molecular flexibility index (Phi) is 5.66. The van der Waals surface area contributed by atoms with Gasteiger partial charge in [-0.1, -0.05) is 12.1 Å². The van der Waals surface area contributed by atoms with Gasteiger partial charge in [0, 0.05) is 43.5 Å². The van der Waals surface area contributed by atoms with Crippen LogP contribution in [0.3, 0.4) is 0 Å². The van der Waals surface area contributed by atoms with Gasteiger partial charge in [-0.2, -0.15) is 5.10 Å². The molecule has 0 spiro atoms. The van der Waals surface area contributed by atoms with Crippen LogP contribution in [0.1, 0.15) is 25.3 Å². The van der Waals surface area contributed by atoms with Crippen LogP contribution in [0.15, 0.2) is 55.0 Å². The molecule has 0 saturated carbocycles. The first-order chi connectivity index (χ1) is 16.0. The summed E-state index contributed by atoms with van der Waals surface area (Å²) in [4.78, 5) is 19.4. The quantitative estimate of drug-likeness (QED) is 0.469. The molecule has 170 valence electrons. The molecule has 1 aromatic carbocycles. The maximum atomic E-state index is 13.9. The molecule has 4 heterocycles. The standard InChI is InChI=1S/C25H25F2N5O/c1-16-11-17(15-32(16)24(33)8-5-18-3-2-4-20(26)25(18)27)14-31-10-9-22-23(31)7-6-21(30-22)19-12-28-29-13-19/h2-4,6-7,9-10,12-13,16-17H,5,8,11,14-15H2,1H3,(H,28,29)/t16-,17-/m1/s1. The molecule has 1 aliphatic rings. The minimum Gasteiger partial charge on any atom is -0.346 e. The molecular weight excluding hydrogens is 424 g/mol. The lowest BCUT2D eigenvalue weighted by atomic mass is 10.1. The van der Waals surface area contributed by atoms with Crippen molar-refractivity contribution in [3.05, 3.63) is 72.2 Å². The van der Waals surface area contributed by atoms with Crippen LogP contribution in [0.4, 0.5) is 8.78 Å². The summed E-state index contributed by atoms with van der Waals surface area (Å²) in [6, 6.07) is 10.3. The highest BCUT2D eigenvalue weighted by atomic mass is 19.2. The molecule has 1 fully saturated rings. The van der Waals surface area contributed by atoms with E-state index in [1.165, 1.54) is 12.1 Å². The molecule has 5 rings (SSSR count). The van der Waals surface area contributed by atoms with Crippen LogP contribution in [0.2, 0.25) is 0 Å². The van der Waals surface area contributed by atoms with Gasteiger partial charge in [0.25, 0.3) is 0 Å². The normalized spacial score (nSPS) is 18.3. The van der Waals surface area contributed by atoms with E-state index < -0.39 is 11.6 Å². The maximum Gasteiger partial charge on any atom is 0.223 e. The SMILES string of the molecule is C[C@@H]1C[C@H](Cn2ccc3nc(-c4cn[nH]c4)ccc32)CN1C(=O)CCc1cccc(F)c1F. The summed E-state index contributed by atoms with van der Waals surface area (Å²) in [6.45, 7) is 3.50. The number of fused-ring (bicyclic) bond motifs is 1. The van der Waals surface area contributed by atoms with Crippen LogP contribution < -0.4 is 0 Å². The summed E-state index contributed by atoms with van der Waals surface area (Å²) in [7, 11) is 0. The second-order valence-electron chi connectivity index (χ2n) is 8.77. The molecule has 33 heavy (non-hydrogen) atoms. The predicted molar refractivity (Wildman–Crippen MR) is 121 cm³/mol. The molecule has 0 radical (unpaired) electrons. The van der Waals surface area contributed by atoms with E-state index in [1.807, 2.05) is 36.4 Å². The highest BCUT2D eigenvalue weighted by molar-refractivity contribution is 5.79. The lowest BCUT2D eigenvalue weighted by molar-refractivity contribution is -0.131. The molecule has 3 aromatic heterocycles. The van der Waals surface area contributed by atoms with Crippen LogP contribution in [0, 0.1) is 17.6 Å². The number of nitrogens with one attached hydrogen (secondary N) is 1. The van der Waals surface area contributed by atoms with E-state index in [2.05, 4.69) is 20.8 Å². The highest BCUT2D eigenvalue weighted by Gasteiger charge is 2.32. The number of carbonyl (C=O) groups excluding carboxylic acids is 1. The summed E-state index contributed by atoms with van der Waals surface area (Å²) in [5.74, 6) is -1.43. The molecule has 0 bridgehead atoms. The molecule has 1 aliphatic heterocycles. The number of hydrogen-bond acceptors (Lipinski definition) is 3. The fraction of sp³-hybridized carbons (Fsp3) is 0.320. The van der Waals surface area contributed by atoms with Gasteiger partial charge in [0.15, 0.2) is 11.6 Å². The van der Waals surface area contributed by atoms with Gasteiger partial charge in [0.05, 0.1) is 22.9 Å². The van der Waals surface area contributed by atoms with Gasteiger partial charge in [0.1, 0.15) is 0 Å². The first kappa shape index (κ1) is 21.3. The van der Waals surface area contributed by atoms with Crippen molar-refractivity contribution in [3.63, 3.8) is 0 Å². The predicted octanol–water partition coefficient (Wildman–Crippen LogP) is 4.57. The van der Waals surface area contributed by atoms with Crippen molar-refractivity contribution in [1.82, 2.24) is 24.6 Å². The molecule has 2 atom stereocenters. The first-order valence-corrected chi connectivity index (χ1v) is 11.2. The van der Waals surface area contributed by atoms with Gasteiger partial charge in [-0.3, -0.25) is 9.89 Å². The van der Waals surface area contributed by atoms with Gasteiger partial charge >= 0.3 is 0 Å². The Morgan fingerprint density at radius 2 is 2.09 bits per heavy atom. The van der Waals surface area contributed by atoms with E-state index in [1.54, 1.807) is 6.20 Å². The number of nitrogens with zero attached hydrogens (tertiary/aromatic N) is 4. The maximum absolute atomic E-state index is 13.9. The number of aromatic amines is 1. The number of amides is 1. The third-order valence-electron chi connectivity index (χ3n) is 6.49. The van der Waals surface area contributed by atoms with E-state index in [0.717, 1.165) is 41.3 Å². The van der Waals surface area contributed by atoms with Crippen molar-refractivity contribution in [2.24, 2.45) is 5.92 Å². The van der Waals surface area contributed by atoms with Crippen molar-refractivity contribution in [1.29, 1.82) is 0 Å². The van der Waals surface area contributed by atoms with Gasteiger partial charge in [-0.05, 0) is 55.5 Å². The number of aryl methyl sites for hydroxylation is 1. The number of H-pyrrole nitrogens is 1. The summed E-state index contributed by atoms with van der Waals surface area (Å²) in [6.07, 6.45) is 6.88. The largest absolute Gasteiger partial charge is 0.346 e. The number of pyridine rings is 1. The van der Waals surface area contributed by atoms with E-state index in [-0.39, 0.29) is 30.4 Å². The van der Waals surface area contributed by atoms with Crippen molar-refractivity contribution in [2.45, 2.75) is 38.8 Å². The van der Waals surface area contributed by atoms with Crippen molar-refractivity contribution >= 4 is 16.9 Å². The van der Waals surface area contributed by atoms with Crippen LogP contribution in [0.25, 0.3) is 22.3 Å². The number of carbonyl (C=O) groups is 1. The monoisotopic (exact) mass is 449 g/mol. The van der Waals surface area contributed by atoms with Crippen molar-refractivity contribution in [2.75, 3.05) is 6.54 Å². The summed E-state index contributed by atoms with van der Waals surface area (Å²) in [5, 5.41) is 6.79. The third kappa shape index (κ3) is 4.25. The second kappa shape index (κ2) is 8.77. The molecule has 1 amide bonds. The van der Waals surface area contributed by atoms with E-state index in [0.29, 0.717) is 12.5 Å². The minimum atomic E-state index is -0.875. The van der Waals surface area contributed by atoms with E-state index >= 15 is 0 Å². The van der Waals surface area contributed by atoms with Crippen molar-refractivity contribution in [3.8, 4) is 11.3 Å². The van der Waals surface area contributed by atoms with Gasteiger partial charge in [0.2, 0.25) is 5.91 Å². The minimum absolute atomic E-state index is 0.0163. The lowest BCUT2D eigenvalue weighted by Gasteiger charge is -2.21. The summed E-state index contributed by atoms with van der Waals surface area (Å²) < 4.78 is 29.5. The Bertz CT molecular complexity index is 1280. The molecule has 4 aromatic rings. The Morgan fingerprint density at radius 3 is 2.91 bits per heavy atom. The van der Waals surface area contributed by atoms with E-state index in [9.17, 15) is 13.6 Å². The lowest BCUT2D eigenvalue weighted by Crippen LogP contribution is -2.34. The number of likely N-dealkylation sites (tertiary alicyclic amines) is 1. The summed E-state index contributed by atoms with van der Waals surface area (Å²) in [5.41, 5.74) is 4.04. The average molecular weight is 450 g/mol. The van der Waals surface area contributed by atoms with Gasteiger partial charge in [-0.15, -0.1) is 0 Å². The van der Waals surface area contributed by atoms with Gasteiger partial charge in [-0.25, -0.2) is 13.8 Å². The van der Waals surface area contributed by atoms with Crippen molar-refractivity contribution < 1.29 is 13.6 Å².